The van der Waals surface area contributed by atoms with Crippen molar-refractivity contribution in [1.82, 2.24) is 14.5 Å². The highest BCUT2D eigenvalue weighted by Crippen LogP contribution is 2.20. The molecule has 0 saturated heterocycles. The van der Waals surface area contributed by atoms with Crippen molar-refractivity contribution in [3.05, 3.63) is 64.9 Å². The Morgan fingerprint density at radius 1 is 1.12 bits per heavy atom. The molecule has 0 saturated carbocycles. The number of imidazole rings is 1. The lowest BCUT2D eigenvalue weighted by atomic mass is 10.1. The van der Waals surface area contributed by atoms with Gasteiger partial charge in [0.05, 0.1) is 17.6 Å². The Bertz CT molecular complexity index is 802. The highest BCUT2D eigenvalue weighted by molar-refractivity contribution is 6.31. The summed E-state index contributed by atoms with van der Waals surface area (Å²) in [5.74, 6) is 1.04. The van der Waals surface area contributed by atoms with Crippen LogP contribution in [0.2, 0.25) is 5.02 Å². The second-order valence-electron chi connectivity index (χ2n) is 6.02. The van der Waals surface area contributed by atoms with E-state index < -0.39 is 0 Å². The van der Waals surface area contributed by atoms with Gasteiger partial charge < -0.3 is 10.3 Å². The molecule has 0 amide bonds. The maximum atomic E-state index is 6.10. The first-order valence-electron chi connectivity index (χ1n) is 8.24. The molecule has 25 heavy (non-hydrogen) atoms. The van der Waals surface area contributed by atoms with Gasteiger partial charge >= 0.3 is 0 Å². The van der Waals surface area contributed by atoms with Gasteiger partial charge in [-0.3, -0.25) is 4.90 Å². The monoisotopic (exact) mass is 378 g/mol. The Hall–Kier alpha value is -1.59. The van der Waals surface area contributed by atoms with Crippen LogP contribution in [0.5, 0.6) is 0 Å². The molecule has 0 bridgehead atoms. The van der Waals surface area contributed by atoms with Crippen molar-refractivity contribution in [3.8, 4) is 0 Å². The molecule has 0 aliphatic heterocycles. The predicted octanol–water partition coefficient (Wildman–Crippen LogP) is 3.65. The molecule has 2 aromatic carbocycles. The van der Waals surface area contributed by atoms with Crippen molar-refractivity contribution in [2.75, 3.05) is 19.6 Å². The molecule has 0 aliphatic rings. The zero-order chi connectivity index (χ0) is 16.9. The second kappa shape index (κ2) is 9.20. The van der Waals surface area contributed by atoms with Crippen LogP contribution in [0.15, 0.2) is 48.5 Å². The molecule has 1 heterocycles. The van der Waals surface area contributed by atoms with Crippen molar-refractivity contribution < 1.29 is 0 Å². The Kier molecular flexibility index (Phi) is 7.26. The van der Waals surface area contributed by atoms with Gasteiger partial charge in [-0.2, -0.15) is 0 Å². The quantitative estimate of drug-likeness (QED) is 0.682. The normalized spacial score (nSPS) is 11.0. The number of fused-ring (bicyclic) bond motifs is 1. The van der Waals surface area contributed by atoms with Crippen LogP contribution in [-0.2, 0) is 20.0 Å². The molecule has 4 nitrogen and oxygen atoms in total. The number of nitrogens with zero attached hydrogens (tertiary/aromatic N) is 3. The molecule has 0 spiro atoms. The fourth-order valence-corrected chi connectivity index (χ4v) is 3.11. The smallest absolute Gasteiger partial charge is 0.123 e. The van der Waals surface area contributed by atoms with Crippen LogP contribution >= 0.6 is 24.0 Å². The molecule has 3 rings (SSSR count). The van der Waals surface area contributed by atoms with E-state index in [4.69, 9.17) is 22.3 Å². The van der Waals surface area contributed by atoms with E-state index in [0.717, 1.165) is 47.9 Å². The summed E-state index contributed by atoms with van der Waals surface area (Å²) >= 11 is 6.10. The van der Waals surface area contributed by atoms with Gasteiger partial charge in [0, 0.05) is 31.7 Å². The standard InChI is InChI=1S/C19H23ClN4.ClH/c1-23-18-13-16(20)7-8-17(18)22-19(23)14-24(12-10-21)11-9-15-5-3-2-4-6-15;/h2-8,13H,9-12,14,21H2,1H3;1H. The zero-order valence-corrected chi connectivity index (χ0v) is 15.9. The van der Waals surface area contributed by atoms with Crippen LogP contribution in [0, 0.1) is 0 Å². The fraction of sp³-hybridized carbons (Fsp3) is 0.316. The molecular formula is C19H24Cl2N4. The maximum Gasteiger partial charge on any atom is 0.123 e. The highest BCUT2D eigenvalue weighted by Gasteiger charge is 2.12. The molecule has 0 atom stereocenters. The van der Waals surface area contributed by atoms with E-state index in [1.54, 1.807) is 0 Å². The first-order chi connectivity index (χ1) is 11.7. The Morgan fingerprint density at radius 2 is 1.88 bits per heavy atom. The summed E-state index contributed by atoms with van der Waals surface area (Å²) in [5.41, 5.74) is 9.19. The summed E-state index contributed by atoms with van der Waals surface area (Å²) in [7, 11) is 2.04. The van der Waals surface area contributed by atoms with Crippen molar-refractivity contribution in [1.29, 1.82) is 0 Å². The number of aryl methyl sites for hydroxylation is 1. The van der Waals surface area contributed by atoms with E-state index in [-0.39, 0.29) is 12.4 Å². The number of rotatable bonds is 7. The lowest BCUT2D eigenvalue weighted by Gasteiger charge is -2.21. The Labute approximate surface area is 160 Å². The summed E-state index contributed by atoms with van der Waals surface area (Å²) in [4.78, 5) is 7.11. The third-order valence-corrected chi connectivity index (χ3v) is 4.54. The van der Waals surface area contributed by atoms with Crippen LogP contribution in [-0.4, -0.2) is 34.1 Å². The minimum Gasteiger partial charge on any atom is -0.330 e. The molecule has 0 radical (unpaired) electrons. The summed E-state index contributed by atoms with van der Waals surface area (Å²) in [6, 6.07) is 16.4. The van der Waals surface area contributed by atoms with E-state index in [9.17, 15) is 0 Å². The van der Waals surface area contributed by atoms with Crippen LogP contribution in [0.1, 0.15) is 11.4 Å². The third-order valence-electron chi connectivity index (χ3n) is 4.31. The lowest BCUT2D eigenvalue weighted by molar-refractivity contribution is 0.267. The highest BCUT2D eigenvalue weighted by atomic mass is 35.5. The van der Waals surface area contributed by atoms with Gasteiger partial charge in [0.2, 0.25) is 0 Å². The van der Waals surface area contributed by atoms with Gasteiger partial charge in [-0.25, -0.2) is 4.98 Å². The van der Waals surface area contributed by atoms with Crippen molar-refractivity contribution >= 4 is 35.0 Å². The van der Waals surface area contributed by atoms with Crippen LogP contribution in [0.4, 0.5) is 0 Å². The molecule has 2 N–H and O–H groups in total. The third kappa shape index (κ3) is 4.95. The van der Waals surface area contributed by atoms with Crippen molar-refractivity contribution in [2.24, 2.45) is 12.8 Å². The van der Waals surface area contributed by atoms with Crippen molar-refractivity contribution in [2.45, 2.75) is 13.0 Å². The van der Waals surface area contributed by atoms with Gasteiger partial charge in [-0.1, -0.05) is 41.9 Å². The number of nitrogens with two attached hydrogens (primary N) is 1. The summed E-state index contributed by atoms with van der Waals surface area (Å²) in [5, 5.41) is 0.736. The molecule has 134 valence electrons. The molecule has 0 aliphatic carbocycles. The second-order valence-corrected chi connectivity index (χ2v) is 6.46. The molecule has 6 heteroatoms. The van der Waals surface area contributed by atoms with Crippen LogP contribution in [0.3, 0.4) is 0 Å². The van der Waals surface area contributed by atoms with Gasteiger partial charge in [-0.15, -0.1) is 12.4 Å². The van der Waals surface area contributed by atoms with E-state index in [0.29, 0.717) is 6.54 Å². The van der Waals surface area contributed by atoms with E-state index in [1.165, 1.54) is 5.56 Å². The van der Waals surface area contributed by atoms with Gasteiger partial charge in [0.25, 0.3) is 0 Å². The first kappa shape index (κ1) is 19.7. The van der Waals surface area contributed by atoms with Gasteiger partial charge in [0.1, 0.15) is 5.82 Å². The predicted molar refractivity (Wildman–Crippen MR) is 107 cm³/mol. The molecular weight excluding hydrogens is 355 g/mol. The molecule has 0 unspecified atom stereocenters. The van der Waals surface area contributed by atoms with Crippen LogP contribution < -0.4 is 5.73 Å². The lowest BCUT2D eigenvalue weighted by Crippen LogP contribution is -2.32. The summed E-state index contributed by atoms with van der Waals surface area (Å²) < 4.78 is 2.12. The number of halogens is 2. The molecule has 0 fully saturated rings. The Morgan fingerprint density at radius 3 is 2.60 bits per heavy atom. The molecule has 1 aromatic heterocycles. The fourth-order valence-electron chi connectivity index (χ4n) is 2.94. The SMILES string of the molecule is Cl.Cn1c(CN(CCN)CCc2ccccc2)nc2ccc(Cl)cc21. The Balaban J connectivity index is 0.00000225. The number of hydrogen-bond acceptors (Lipinski definition) is 3. The minimum absolute atomic E-state index is 0. The molecule has 3 aromatic rings. The number of benzene rings is 2. The zero-order valence-electron chi connectivity index (χ0n) is 14.4. The van der Waals surface area contributed by atoms with E-state index in [1.807, 2.05) is 31.3 Å². The van der Waals surface area contributed by atoms with Crippen molar-refractivity contribution in [3.63, 3.8) is 0 Å². The summed E-state index contributed by atoms with van der Waals surface area (Å²) in [6.07, 6.45) is 1.01. The van der Waals surface area contributed by atoms with E-state index >= 15 is 0 Å². The maximum absolute atomic E-state index is 6.10. The largest absolute Gasteiger partial charge is 0.330 e. The number of hydrogen-bond donors (Lipinski definition) is 1. The average molecular weight is 379 g/mol. The first-order valence-corrected chi connectivity index (χ1v) is 8.62. The topological polar surface area (TPSA) is 47.1 Å². The van der Waals surface area contributed by atoms with Crippen LogP contribution in [0.25, 0.3) is 11.0 Å². The number of aromatic nitrogens is 2. The van der Waals surface area contributed by atoms with Gasteiger partial charge in [-0.05, 0) is 30.2 Å². The van der Waals surface area contributed by atoms with Gasteiger partial charge in [0.15, 0.2) is 0 Å². The summed E-state index contributed by atoms with van der Waals surface area (Å²) in [6.45, 7) is 3.25. The van der Waals surface area contributed by atoms with E-state index in [2.05, 4.69) is 33.7 Å². The average Bonchev–Trinajstić information content (AvgIpc) is 2.90. The minimum atomic E-state index is 0.